The van der Waals surface area contributed by atoms with E-state index in [4.69, 9.17) is 9.72 Å². The van der Waals surface area contributed by atoms with E-state index in [0.29, 0.717) is 0 Å². The zero-order valence-electron chi connectivity index (χ0n) is 15.8. The molecular formula is C21H28N4O. The lowest BCUT2D eigenvalue weighted by Crippen LogP contribution is -2.31. The molecule has 0 saturated carbocycles. The van der Waals surface area contributed by atoms with Gasteiger partial charge in [0.15, 0.2) is 0 Å². The second-order valence-corrected chi connectivity index (χ2v) is 7.61. The fourth-order valence-corrected chi connectivity index (χ4v) is 3.77. The van der Waals surface area contributed by atoms with E-state index in [0.717, 1.165) is 50.8 Å². The predicted octanol–water partition coefficient (Wildman–Crippen LogP) is 3.42. The first-order valence-corrected chi connectivity index (χ1v) is 9.75. The largest absolute Gasteiger partial charge is 0.491 e. The zero-order valence-corrected chi connectivity index (χ0v) is 15.8. The number of ether oxygens (including phenoxy) is 1. The fourth-order valence-electron chi connectivity index (χ4n) is 3.77. The molecule has 4 rings (SSSR count). The van der Waals surface area contributed by atoms with Gasteiger partial charge in [-0.15, -0.1) is 0 Å². The van der Waals surface area contributed by atoms with Crippen molar-refractivity contribution < 1.29 is 4.74 Å². The van der Waals surface area contributed by atoms with Gasteiger partial charge in [-0.1, -0.05) is 12.1 Å². The van der Waals surface area contributed by atoms with Gasteiger partial charge in [0.25, 0.3) is 0 Å². The summed E-state index contributed by atoms with van der Waals surface area (Å²) < 4.78 is 5.72. The van der Waals surface area contributed by atoms with E-state index in [9.17, 15) is 0 Å². The van der Waals surface area contributed by atoms with Crippen LogP contribution in [0.1, 0.15) is 43.5 Å². The number of nitrogens with zero attached hydrogens (tertiary/aromatic N) is 4. The minimum absolute atomic E-state index is 0.213. The van der Waals surface area contributed by atoms with Crippen molar-refractivity contribution in [2.75, 3.05) is 24.5 Å². The van der Waals surface area contributed by atoms with Gasteiger partial charge in [0.05, 0.1) is 11.8 Å². The number of hydrogen-bond acceptors (Lipinski definition) is 5. The highest BCUT2D eigenvalue weighted by Crippen LogP contribution is 2.23. The molecule has 3 heterocycles. The lowest BCUT2D eigenvalue weighted by atomic mass is 10.1. The molecule has 5 heteroatoms. The monoisotopic (exact) mass is 352 g/mol. The van der Waals surface area contributed by atoms with Crippen molar-refractivity contribution in [1.82, 2.24) is 14.9 Å². The molecule has 2 aromatic rings. The normalized spacial score (nSPS) is 17.6. The Balaban J connectivity index is 1.39. The summed E-state index contributed by atoms with van der Waals surface area (Å²) in [4.78, 5) is 14.3. The molecule has 0 radical (unpaired) electrons. The Hall–Kier alpha value is -2.14. The van der Waals surface area contributed by atoms with Crippen LogP contribution in [0.25, 0.3) is 0 Å². The molecular weight excluding hydrogens is 324 g/mol. The van der Waals surface area contributed by atoms with Gasteiger partial charge >= 0.3 is 0 Å². The quantitative estimate of drug-likeness (QED) is 0.825. The number of aromatic nitrogens is 2. The van der Waals surface area contributed by atoms with Crippen molar-refractivity contribution in [3.8, 4) is 5.75 Å². The third kappa shape index (κ3) is 3.98. The summed E-state index contributed by atoms with van der Waals surface area (Å²) in [6.45, 7) is 9.23. The van der Waals surface area contributed by atoms with Crippen molar-refractivity contribution in [2.45, 2.75) is 52.3 Å². The lowest BCUT2D eigenvalue weighted by Gasteiger charge is -2.28. The van der Waals surface area contributed by atoms with Crippen LogP contribution in [-0.4, -0.2) is 40.6 Å². The van der Waals surface area contributed by atoms with Crippen LogP contribution in [0.2, 0.25) is 0 Å². The zero-order chi connectivity index (χ0) is 17.9. The van der Waals surface area contributed by atoms with Crippen molar-refractivity contribution >= 4 is 5.95 Å². The molecule has 1 aromatic heterocycles. The van der Waals surface area contributed by atoms with Gasteiger partial charge in [-0.05, 0) is 44.4 Å². The van der Waals surface area contributed by atoms with Crippen LogP contribution in [0.15, 0.2) is 30.5 Å². The SMILES string of the molecule is CC(C)Oc1ccc(CN2CCc3nc(N4CCCC4)ncc3C2)cc1. The Morgan fingerprint density at radius 1 is 1.08 bits per heavy atom. The molecule has 1 saturated heterocycles. The summed E-state index contributed by atoms with van der Waals surface area (Å²) in [7, 11) is 0. The molecule has 0 unspecified atom stereocenters. The van der Waals surface area contributed by atoms with E-state index in [1.54, 1.807) is 0 Å². The second-order valence-electron chi connectivity index (χ2n) is 7.61. The van der Waals surface area contributed by atoms with Gasteiger partial charge < -0.3 is 9.64 Å². The molecule has 5 nitrogen and oxygen atoms in total. The van der Waals surface area contributed by atoms with E-state index < -0.39 is 0 Å². The number of hydrogen-bond donors (Lipinski definition) is 0. The Bertz CT molecular complexity index is 738. The third-order valence-electron chi connectivity index (χ3n) is 5.09. The number of benzene rings is 1. The summed E-state index contributed by atoms with van der Waals surface area (Å²) in [5, 5.41) is 0. The molecule has 1 aromatic carbocycles. The number of anilines is 1. The van der Waals surface area contributed by atoms with Crippen molar-refractivity contribution in [3.05, 3.63) is 47.3 Å². The molecule has 0 atom stereocenters. The van der Waals surface area contributed by atoms with Gasteiger partial charge in [0.1, 0.15) is 5.75 Å². The van der Waals surface area contributed by atoms with E-state index >= 15 is 0 Å². The average molecular weight is 352 g/mol. The topological polar surface area (TPSA) is 41.5 Å². The standard InChI is InChI=1S/C21H28N4O/c1-16(2)26-19-7-5-17(6-8-19)14-24-12-9-20-18(15-24)13-22-21(23-20)25-10-3-4-11-25/h5-8,13,16H,3-4,9-12,14-15H2,1-2H3. The molecule has 26 heavy (non-hydrogen) atoms. The number of fused-ring (bicyclic) bond motifs is 1. The van der Waals surface area contributed by atoms with E-state index in [2.05, 4.69) is 52.9 Å². The predicted molar refractivity (Wildman–Crippen MR) is 104 cm³/mol. The maximum Gasteiger partial charge on any atom is 0.225 e. The highest BCUT2D eigenvalue weighted by Gasteiger charge is 2.21. The van der Waals surface area contributed by atoms with Crippen LogP contribution >= 0.6 is 0 Å². The highest BCUT2D eigenvalue weighted by molar-refractivity contribution is 5.35. The van der Waals surface area contributed by atoms with Gasteiger partial charge in [-0.3, -0.25) is 4.90 Å². The van der Waals surface area contributed by atoms with Crippen molar-refractivity contribution in [3.63, 3.8) is 0 Å². The Morgan fingerprint density at radius 3 is 2.58 bits per heavy atom. The molecule has 2 aliphatic rings. The van der Waals surface area contributed by atoms with E-state index in [-0.39, 0.29) is 6.10 Å². The smallest absolute Gasteiger partial charge is 0.225 e. The first-order valence-electron chi connectivity index (χ1n) is 9.75. The molecule has 0 bridgehead atoms. The Labute approximate surface area is 156 Å². The number of rotatable bonds is 5. The van der Waals surface area contributed by atoms with Crippen LogP contribution in [0.5, 0.6) is 5.75 Å². The minimum atomic E-state index is 0.213. The second kappa shape index (κ2) is 7.62. The third-order valence-corrected chi connectivity index (χ3v) is 5.09. The molecule has 1 fully saturated rings. The molecule has 138 valence electrons. The van der Waals surface area contributed by atoms with Crippen molar-refractivity contribution in [2.24, 2.45) is 0 Å². The van der Waals surface area contributed by atoms with Crippen LogP contribution < -0.4 is 9.64 Å². The lowest BCUT2D eigenvalue weighted by molar-refractivity contribution is 0.239. The Kier molecular flexibility index (Phi) is 5.07. The van der Waals surface area contributed by atoms with Crippen LogP contribution in [-0.2, 0) is 19.5 Å². The van der Waals surface area contributed by atoms with Crippen molar-refractivity contribution in [1.29, 1.82) is 0 Å². The minimum Gasteiger partial charge on any atom is -0.491 e. The molecule has 0 N–H and O–H groups in total. The maximum absolute atomic E-state index is 5.72. The summed E-state index contributed by atoms with van der Waals surface area (Å²) >= 11 is 0. The molecule has 0 amide bonds. The highest BCUT2D eigenvalue weighted by atomic mass is 16.5. The Morgan fingerprint density at radius 2 is 1.85 bits per heavy atom. The van der Waals surface area contributed by atoms with Crippen LogP contribution in [0, 0.1) is 0 Å². The summed E-state index contributed by atoms with van der Waals surface area (Å²) in [5.74, 6) is 1.87. The van der Waals surface area contributed by atoms with Gasteiger partial charge in [0.2, 0.25) is 5.95 Å². The van der Waals surface area contributed by atoms with Gasteiger partial charge in [-0.25, -0.2) is 9.97 Å². The first-order chi connectivity index (χ1) is 12.7. The molecule has 0 spiro atoms. The maximum atomic E-state index is 5.72. The van der Waals surface area contributed by atoms with Crippen LogP contribution in [0.4, 0.5) is 5.95 Å². The fraction of sp³-hybridized carbons (Fsp3) is 0.524. The van der Waals surface area contributed by atoms with E-state index in [1.165, 1.54) is 29.7 Å². The molecule has 2 aliphatic heterocycles. The van der Waals surface area contributed by atoms with E-state index in [1.807, 2.05) is 6.20 Å². The average Bonchev–Trinajstić information content (AvgIpc) is 3.17. The molecule has 0 aliphatic carbocycles. The summed E-state index contributed by atoms with van der Waals surface area (Å²) in [5.41, 5.74) is 3.83. The van der Waals surface area contributed by atoms with Gasteiger partial charge in [0, 0.05) is 50.9 Å². The van der Waals surface area contributed by atoms with Gasteiger partial charge in [-0.2, -0.15) is 0 Å². The summed E-state index contributed by atoms with van der Waals surface area (Å²) in [6, 6.07) is 8.47. The van der Waals surface area contributed by atoms with Crippen LogP contribution in [0.3, 0.4) is 0 Å². The summed E-state index contributed by atoms with van der Waals surface area (Å²) in [6.07, 6.45) is 5.78. The first kappa shape index (κ1) is 17.3.